The van der Waals surface area contributed by atoms with Gasteiger partial charge in [0.1, 0.15) is 0 Å². The number of carbonyl (C=O) groups excluding carboxylic acids is 2. The normalized spacial score (nSPS) is 9.62. The van der Waals surface area contributed by atoms with E-state index in [1.54, 1.807) is 31.2 Å². The molecule has 0 fully saturated rings. The van der Waals surface area contributed by atoms with E-state index in [0.29, 0.717) is 12.2 Å². The summed E-state index contributed by atoms with van der Waals surface area (Å²) in [7, 11) is 1.34. The lowest BCUT2D eigenvalue weighted by atomic mass is 10.3. The smallest absolute Gasteiger partial charge is 0.340 e. The summed E-state index contributed by atoms with van der Waals surface area (Å²) in [5.41, 5.74) is 0.515. The lowest BCUT2D eigenvalue weighted by Gasteiger charge is -2.18. The molecule has 1 N–H and O–H groups in total. The highest BCUT2D eigenvalue weighted by atomic mass is 16.7. The molecule has 1 rings (SSSR count). The van der Waals surface area contributed by atoms with Crippen molar-refractivity contribution in [3.8, 4) is 0 Å². The molecule has 1 aromatic carbocycles. The van der Waals surface area contributed by atoms with Crippen LogP contribution in [0.3, 0.4) is 0 Å². The minimum atomic E-state index is -0.740. The Morgan fingerprint density at radius 3 is 2.44 bits per heavy atom. The lowest BCUT2D eigenvalue weighted by Crippen LogP contribution is -2.42. The molecule has 0 aliphatic rings. The molecule has 5 heteroatoms. The Bertz CT molecular complexity index is 365. The standard InChI is InChI=1S/C11H14N2O3/c1-3-12-10(14)11(15)13(16-2)9-7-5-4-6-8-9/h4-8H,3H2,1-2H3,(H,12,14). The number of hydrogen-bond donors (Lipinski definition) is 1. The number of rotatable bonds is 3. The first-order valence-electron chi connectivity index (χ1n) is 4.92. The minimum absolute atomic E-state index is 0.400. The first-order chi connectivity index (χ1) is 7.70. The number of likely N-dealkylation sites (N-methyl/N-ethyl adjacent to an activating group) is 1. The van der Waals surface area contributed by atoms with E-state index in [0.717, 1.165) is 5.06 Å². The third kappa shape index (κ3) is 2.80. The molecular weight excluding hydrogens is 208 g/mol. The molecule has 0 aliphatic heterocycles. The van der Waals surface area contributed by atoms with E-state index in [-0.39, 0.29) is 0 Å². The molecule has 0 aromatic heterocycles. The molecule has 86 valence electrons. The zero-order chi connectivity index (χ0) is 12.0. The van der Waals surface area contributed by atoms with Crippen LogP contribution < -0.4 is 10.4 Å². The van der Waals surface area contributed by atoms with Crippen LogP contribution in [-0.2, 0) is 14.4 Å². The number of nitrogens with zero attached hydrogens (tertiary/aromatic N) is 1. The zero-order valence-electron chi connectivity index (χ0n) is 9.27. The summed E-state index contributed by atoms with van der Waals surface area (Å²) in [5, 5.41) is 3.37. The van der Waals surface area contributed by atoms with E-state index in [9.17, 15) is 9.59 Å². The summed E-state index contributed by atoms with van der Waals surface area (Å²) < 4.78 is 0. The van der Waals surface area contributed by atoms with Crippen molar-refractivity contribution in [2.45, 2.75) is 6.92 Å². The van der Waals surface area contributed by atoms with Crippen LogP contribution in [0.2, 0.25) is 0 Å². The van der Waals surface area contributed by atoms with Gasteiger partial charge in [0.2, 0.25) is 0 Å². The van der Waals surface area contributed by atoms with Gasteiger partial charge in [0.25, 0.3) is 0 Å². The van der Waals surface area contributed by atoms with Gasteiger partial charge in [-0.15, -0.1) is 0 Å². The fourth-order valence-corrected chi connectivity index (χ4v) is 1.20. The van der Waals surface area contributed by atoms with Crippen LogP contribution in [0.5, 0.6) is 0 Å². The molecule has 0 radical (unpaired) electrons. The van der Waals surface area contributed by atoms with Gasteiger partial charge in [0, 0.05) is 6.54 Å². The number of para-hydroxylation sites is 1. The van der Waals surface area contributed by atoms with E-state index in [2.05, 4.69) is 5.32 Å². The molecule has 0 saturated carbocycles. The van der Waals surface area contributed by atoms with Crippen LogP contribution in [0, 0.1) is 0 Å². The summed E-state index contributed by atoms with van der Waals surface area (Å²) >= 11 is 0. The summed E-state index contributed by atoms with van der Waals surface area (Å²) in [6, 6.07) is 8.69. The van der Waals surface area contributed by atoms with E-state index in [1.165, 1.54) is 7.11 Å². The molecule has 16 heavy (non-hydrogen) atoms. The van der Waals surface area contributed by atoms with Gasteiger partial charge >= 0.3 is 11.8 Å². The van der Waals surface area contributed by atoms with Crippen molar-refractivity contribution < 1.29 is 14.4 Å². The van der Waals surface area contributed by atoms with Crippen LogP contribution in [0.15, 0.2) is 30.3 Å². The molecule has 0 unspecified atom stereocenters. The van der Waals surface area contributed by atoms with Crippen molar-refractivity contribution in [1.29, 1.82) is 0 Å². The minimum Gasteiger partial charge on any atom is -0.348 e. The summed E-state index contributed by atoms with van der Waals surface area (Å²) in [6.45, 7) is 2.14. The van der Waals surface area contributed by atoms with Gasteiger partial charge in [-0.05, 0) is 19.1 Å². The summed E-state index contributed by atoms with van der Waals surface area (Å²) in [4.78, 5) is 27.9. The van der Waals surface area contributed by atoms with E-state index >= 15 is 0 Å². The second-order valence-corrected chi connectivity index (χ2v) is 2.98. The molecule has 0 bridgehead atoms. The van der Waals surface area contributed by atoms with Crippen molar-refractivity contribution in [3.63, 3.8) is 0 Å². The zero-order valence-corrected chi connectivity index (χ0v) is 9.27. The number of benzene rings is 1. The Morgan fingerprint density at radius 2 is 1.94 bits per heavy atom. The maximum atomic E-state index is 11.7. The van der Waals surface area contributed by atoms with Gasteiger partial charge < -0.3 is 5.32 Å². The van der Waals surface area contributed by atoms with E-state index in [4.69, 9.17) is 4.84 Å². The number of carbonyl (C=O) groups is 2. The van der Waals surface area contributed by atoms with Crippen molar-refractivity contribution in [3.05, 3.63) is 30.3 Å². The number of hydrogen-bond acceptors (Lipinski definition) is 3. The number of nitrogens with one attached hydrogen (secondary N) is 1. The Morgan fingerprint density at radius 1 is 1.31 bits per heavy atom. The highest BCUT2D eigenvalue weighted by molar-refractivity contribution is 6.39. The van der Waals surface area contributed by atoms with Crippen LogP contribution in [0.25, 0.3) is 0 Å². The fourth-order valence-electron chi connectivity index (χ4n) is 1.20. The van der Waals surface area contributed by atoms with Gasteiger partial charge in [0.15, 0.2) is 0 Å². The Kier molecular flexibility index (Phi) is 4.47. The Labute approximate surface area is 94.0 Å². The van der Waals surface area contributed by atoms with Crippen LogP contribution in [0.1, 0.15) is 6.92 Å². The molecule has 5 nitrogen and oxygen atoms in total. The second kappa shape index (κ2) is 5.87. The average Bonchev–Trinajstić information content (AvgIpc) is 2.31. The Balaban J connectivity index is 2.83. The van der Waals surface area contributed by atoms with Crippen LogP contribution in [-0.4, -0.2) is 25.5 Å². The molecular formula is C11H14N2O3. The maximum absolute atomic E-state index is 11.7. The lowest BCUT2D eigenvalue weighted by molar-refractivity contribution is -0.141. The first-order valence-corrected chi connectivity index (χ1v) is 4.92. The maximum Gasteiger partial charge on any atom is 0.340 e. The topological polar surface area (TPSA) is 58.6 Å². The van der Waals surface area contributed by atoms with E-state index in [1.807, 2.05) is 6.07 Å². The average molecular weight is 222 g/mol. The largest absolute Gasteiger partial charge is 0.348 e. The molecule has 0 aliphatic carbocycles. The monoisotopic (exact) mass is 222 g/mol. The van der Waals surface area contributed by atoms with Gasteiger partial charge in [-0.3, -0.25) is 14.4 Å². The highest BCUT2D eigenvalue weighted by Crippen LogP contribution is 2.13. The predicted octanol–water partition coefficient (Wildman–Crippen LogP) is 0.717. The summed E-state index contributed by atoms with van der Waals surface area (Å²) in [5.74, 6) is -1.43. The van der Waals surface area contributed by atoms with E-state index < -0.39 is 11.8 Å². The predicted molar refractivity (Wildman–Crippen MR) is 59.6 cm³/mol. The molecule has 1 aromatic rings. The first kappa shape index (κ1) is 12.2. The van der Waals surface area contributed by atoms with Gasteiger partial charge in [-0.1, -0.05) is 18.2 Å². The van der Waals surface area contributed by atoms with Crippen LogP contribution in [0.4, 0.5) is 5.69 Å². The van der Waals surface area contributed by atoms with Crippen molar-refractivity contribution in [2.24, 2.45) is 0 Å². The van der Waals surface area contributed by atoms with Gasteiger partial charge in [-0.25, -0.2) is 0 Å². The van der Waals surface area contributed by atoms with Crippen LogP contribution >= 0.6 is 0 Å². The SMILES string of the molecule is CCNC(=O)C(=O)N(OC)c1ccccc1. The molecule has 0 heterocycles. The molecule has 0 spiro atoms. The van der Waals surface area contributed by atoms with Crippen molar-refractivity contribution >= 4 is 17.5 Å². The summed E-state index contributed by atoms with van der Waals surface area (Å²) in [6.07, 6.45) is 0. The number of amides is 2. The number of hydroxylamine groups is 1. The van der Waals surface area contributed by atoms with Gasteiger partial charge in [0.05, 0.1) is 12.8 Å². The number of anilines is 1. The highest BCUT2D eigenvalue weighted by Gasteiger charge is 2.22. The third-order valence-electron chi connectivity index (χ3n) is 1.89. The molecule has 2 amide bonds. The van der Waals surface area contributed by atoms with Crippen molar-refractivity contribution in [2.75, 3.05) is 18.7 Å². The fraction of sp³-hybridized carbons (Fsp3) is 0.273. The van der Waals surface area contributed by atoms with Gasteiger partial charge in [-0.2, -0.15) is 5.06 Å². The second-order valence-electron chi connectivity index (χ2n) is 2.98. The molecule has 0 saturated heterocycles. The quantitative estimate of drug-likeness (QED) is 0.605. The Hall–Kier alpha value is -1.88. The third-order valence-corrected chi connectivity index (χ3v) is 1.89. The van der Waals surface area contributed by atoms with Crippen molar-refractivity contribution in [1.82, 2.24) is 5.32 Å². The molecule has 0 atom stereocenters.